The highest BCUT2D eigenvalue weighted by Gasteiger charge is 2.15. The summed E-state index contributed by atoms with van der Waals surface area (Å²) in [6.45, 7) is 11.6. The first kappa shape index (κ1) is 23.8. The molecule has 0 saturated carbocycles. The van der Waals surface area contributed by atoms with Crippen LogP contribution in [0.5, 0.6) is 0 Å². The van der Waals surface area contributed by atoms with Crippen LogP contribution >= 0.6 is 0 Å². The highest BCUT2D eigenvalue weighted by molar-refractivity contribution is 4.63. The fourth-order valence-electron chi connectivity index (χ4n) is 2.45. The van der Waals surface area contributed by atoms with Crippen molar-refractivity contribution < 1.29 is 9.59 Å². The summed E-state index contributed by atoms with van der Waals surface area (Å²) in [7, 11) is 13.1. The van der Waals surface area contributed by atoms with Gasteiger partial charge in [-0.15, -0.1) is 0 Å². The molecule has 0 rings (SSSR count). The smallest absolute Gasteiger partial charge is 0.0912 e. The van der Waals surface area contributed by atoms with E-state index in [9.17, 15) is 5.11 Å². The molecule has 0 radical (unpaired) electrons. The van der Waals surface area contributed by atoms with Crippen molar-refractivity contribution in [3.8, 4) is 0 Å². The van der Waals surface area contributed by atoms with Crippen molar-refractivity contribution in [3.05, 3.63) is 0 Å². The molecule has 0 bridgehead atoms. The third kappa shape index (κ3) is 13.1. The molecule has 0 aromatic rings. The molecule has 0 fully saturated rings. The van der Waals surface area contributed by atoms with Crippen LogP contribution in [0.25, 0.3) is 0 Å². The quantitative estimate of drug-likeness (QED) is 0.404. The maximum Gasteiger partial charge on any atom is 0.0912 e. The number of aliphatic hydroxyl groups is 1. The summed E-state index contributed by atoms with van der Waals surface area (Å²) in [4.78, 5) is 7.03. The second-order valence-corrected chi connectivity index (χ2v) is 7.92. The van der Waals surface area contributed by atoms with Gasteiger partial charge in [0.15, 0.2) is 0 Å². The van der Waals surface area contributed by atoms with E-state index in [2.05, 4.69) is 55.3 Å². The van der Waals surface area contributed by atoms with E-state index >= 15 is 0 Å². The molecule has 146 valence electrons. The number of nitrogens with zero attached hydrogens (tertiary/aromatic N) is 4. The molecule has 1 unspecified atom stereocenters. The highest BCUT2D eigenvalue weighted by atomic mass is 16.3. The lowest BCUT2D eigenvalue weighted by Gasteiger charge is -2.32. The molecular formula is C18H44N5O+. The number of rotatable bonds is 15. The molecule has 0 aliphatic carbocycles. The van der Waals surface area contributed by atoms with Gasteiger partial charge in [0.05, 0.1) is 33.3 Å². The van der Waals surface area contributed by atoms with Gasteiger partial charge in [-0.25, -0.2) is 0 Å². The summed E-state index contributed by atoms with van der Waals surface area (Å²) in [6.07, 6.45) is 0.629. The van der Waals surface area contributed by atoms with E-state index in [4.69, 9.17) is 0 Å². The third-order valence-electron chi connectivity index (χ3n) is 4.77. The van der Waals surface area contributed by atoms with Crippen molar-refractivity contribution in [2.45, 2.75) is 19.4 Å². The standard InChI is InChI=1S/C18H44N5O/c1-8-18(24)17-22(5)13-12-20(3)10-11-21(4)14-16-23(6,7)15-9-19-2/h18-19,24H,8-17H2,1-7H3/q+1. The van der Waals surface area contributed by atoms with Crippen LogP contribution < -0.4 is 5.32 Å². The fraction of sp³-hybridized carbons (Fsp3) is 1.00. The van der Waals surface area contributed by atoms with Crippen molar-refractivity contribution in [1.29, 1.82) is 0 Å². The minimum Gasteiger partial charge on any atom is -0.392 e. The number of hydrogen-bond donors (Lipinski definition) is 2. The number of likely N-dealkylation sites (N-methyl/N-ethyl adjacent to an activating group) is 5. The van der Waals surface area contributed by atoms with Gasteiger partial charge in [-0.1, -0.05) is 6.92 Å². The van der Waals surface area contributed by atoms with E-state index in [0.717, 1.165) is 56.7 Å². The van der Waals surface area contributed by atoms with Crippen LogP contribution in [0.2, 0.25) is 0 Å². The SMILES string of the molecule is CCC(O)CN(C)CCN(C)CCN(C)CC[N+](C)(C)CCNC. The van der Waals surface area contributed by atoms with Gasteiger partial charge in [-0.2, -0.15) is 0 Å². The van der Waals surface area contributed by atoms with Crippen LogP contribution in [0.15, 0.2) is 0 Å². The Balaban J connectivity index is 3.83. The predicted octanol–water partition coefficient (Wildman–Crippen LogP) is -0.151. The largest absolute Gasteiger partial charge is 0.392 e. The van der Waals surface area contributed by atoms with Crippen molar-refractivity contribution in [2.75, 3.05) is 101 Å². The minimum absolute atomic E-state index is 0.198. The monoisotopic (exact) mass is 346 g/mol. The summed E-state index contributed by atoms with van der Waals surface area (Å²) in [5, 5.41) is 12.9. The summed E-state index contributed by atoms with van der Waals surface area (Å²) in [5.41, 5.74) is 0. The molecule has 6 heteroatoms. The Hall–Kier alpha value is -0.240. The van der Waals surface area contributed by atoms with Crippen molar-refractivity contribution in [2.24, 2.45) is 0 Å². The molecular weight excluding hydrogens is 302 g/mol. The molecule has 0 spiro atoms. The Morgan fingerprint density at radius 3 is 1.88 bits per heavy atom. The maximum absolute atomic E-state index is 9.68. The lowest BCUT2D eigenvalue weighted by Crippen LogP contribution is -2.48. The Kier molecular flexibility index (Phi) is 12.9. The highest BCUT2D eigenvalue weighted by Crippen LogP contribution is 1.98. The molecule has 6 nitrogen and oxygen atoms in total. The average Bonchev–Trinajstić information content (AvgIpc) is 2.54. The number of hydrogen-bond acceptors (Lipinski definition) is 5. The molecule has 2 N–H and O–H groups in total. The normalized spacial score (nSPS) is 14.1. The van der Waals surface area contributed by atoms with E-state index in [1.807, 2.05) is 14.0 Å². The van der Waals surface area contributed by atoms with Gasteiger partial charge < -0.3 is 24.7 Å². The number of aliphatic hydroxyl groups excluding tert-OH is 1. The fourth-order valence-corrected chi connectivity index (χ4v) is 2.45. The van der Waals surface area contributed by atoms with Gasteiger partial charge in [0.25, 0.3) is 0 Å². The zero-order valence-corrected chi connectivity index (χ0v) is 17.4. The van der Waals surface area contributed by atoms with Crippen LogP contribution in [0.1, 0.15) is 13.3 Å². The first-order valence-corrected chi connectivity index (χ1v) is 9.40. The second-order valence-electron chi connectivity index (χ2n) is 7.92. The molecule has 0 aliphatic rings. The van der Waals surface area contributed by atoms with Gasteiger partial charge in [-0.3, -0.25) is 4.90 Å². The van der Waals surface area contributed by atoms with Crippen LogP contribution in [-0.4, -0.2) is 132 Å². The van der Waals surface area contributed by atoms with E-state index in [1.54, 1.807) is 0 Å². The molecule has 1 atom stereocenters. The zero-order chi connectivity index (χ0) is 18.6. The van der Waals surface area contributed by atoms with Crippen molar-refractivity contribution in [1.82, 2.24) is 20.0 Å². The first-order valence-electron chi connectivity index (χ1n) is 9.40. The lowest BCUT2D eigenvalue weighted by molar-refractivity contribution is -0.888. The summed E-state index contributed by atoms with van der Waals surface area (Å²) in [6, 6.07) is 0. The minimum atomic E-state index is -0.198. The Labute approximate surface area is 151 Å². The van der Waals surface area contributed by atoms with Gasteiger partial charge in [0, 0.05) is 45.8 Å². The molecule has 0 aromatic heterocycles. The number of nitrogens with one attached hydrogen (secondary N) is 1. The first-order chi connectivity index (χ1) is 11.2. The van der Waals surface area contributed by atoms with Crippen LogP contribution in [0.4, 0.5) is 0 Å². The zero-order valence-electron chi connectivity index (χ0n) is 17.4. The Morgan fingerprint density at radius 2 is 1.38 bits per heavy atom. The third-order valence-corrected chi connectivity index (χ3v) is 4.77. The van der Waals surface area contributed by atoms with Gasteiger partial charge in [0.2, 0.25) is 0 Å². The molecule has 24 heavy (non-hydrogen) atoms. The summed E-state index contributed by atoms with van der Waals surface area (Å²) in [5.74, 6) is 0. The van der Waals surface area contributed by atoms with Gasteiger partial charge in [0.1, 0.15) is 0 Å². The summed E-state index contributed by atoms with van der Waals surface area (Å²) >= 11 is 0. The van der Waals surface area contributed by atoms with E-state index in [0.29, 0.717) is 0 Å². The predicted molar refractivity (Wildman–Crippen MR) is 105 cm³/mol. The lowest BCUT2D eigenvalue weighted by atomic mass is 10.2. The van der Waals surface area contributed by atoms with Crippen molar-refractivity contribution >= 4 is 0 Å². The average molecular weight is 347 g/mol. The van der Waals surface area contributed by atoms with E-state index in [1.165, 1.54) is 13.1 Å². The molecule has 0 heterocycles. The van der Waals surface area contributed by atoms with Crippen LogP contribution in [0.3, 0.4) is 0 Å². The molecule has 0 amide bonds. The summed E-state index contributed by atoms with van der Waals surface area (Å²) < 4.78 is 1.06. The molecule has 0 aliphatic heterocycles. The van der Waals surface area contributed by atoms with E-state index in [-0.39, 0.29) is 6.10 Å². The Morgan fingerprint density at radius 1 is 0.875 bits per heavy atom. The topological polar surface area (TPSA) is 42.0 Å². The van der Waals surface area contributed by atoms with Gasteiger partial charge in [-0.05, 0) is 34.6 Å². The molecule has 0 aromatic carbocycles. The van der Waals surface area contributed by atoms with E-state index < -0.39 is 0 Å². The van der Waals surface area contributed by atoms with Crippen LogP contribution in [-0.2, 0) is 0 Å². The number of quaternary nitrogens is 1. The Bertz CT molecular complexity index is 301. The van der Waals surface area contributed by atoms with Crippen molar-refractivity contribution in [3.63, 3.8) is 0 Å². The van der Waals surface area contributed by atoms with Gasteiger partial charge >= 0.3 is 0 Å². The maximum atomic E-state index is 9.68. The second kappa shape index (κ2) is 13.0. The van der Waals surface area contributed by atoms with Crippen LogP contribution in [0, 0.1) is 0 Å². The molecule has 0 saturated heterocycles.